The van der Waals surface area contributed by atoms with Gasteiger partial charge in [0.25, 0.3) is 0 Å². The summed E-state index contributed by atoms with van der Waals surface area (Å²) in [4.78, 5) is 36.5. The topological polar surface area (TPSA) is 78.9 Å². The quantitative estimate of drug-likeness (QED) is 0.334. The maximum absolute atomic E-state index is 12.8. The van der Waals surface area contributed by atoms with Gasteiger partial charge in [-0.15, -0.1) is 0 Å². The number of benzene rings is 3. The van der Waals surface area contributed by atoms with Gasteiger partial charge in [-0.3, -0.25) is 4.79 Å². The third kappa shape index (κ3) is 5.38. The summed E-state index contributed by atoms with van der Waals surface area (Å²) >= 11 is 0. The highest BCUT2D eigenvalue weighted by molar-refractivity contribution is 6.35. The average Bonchev–Trinajstić information content (AvgIpc) is 3.49. The lowest BCUT2D eigenvalue weighted by Gasteiger charge is -2.08. The summed E-state index contributed by atoms with van der Waals surface area (Å²) < 4.78 is 15.2. The molecule has 37 heavy (non-hydrogen) atoms. The molecule has 0 spiro atoms. The van der Waals surface area contributed by atoms with Crippen LogP contribution in [0.5, 0.6) is 5.75 Å². The number of rotatable bonds is 6. The van der Waals surface area contributed by atoms with Crippen molar-refractivity contribution >= 4 is 29.4 Å². The summed E-state index contributed by atoms with van der Waals surface area (Å²) in [5, 5.41) is 0. The zero-order valence-corrected chi connectivity index (χ0v) is 21.1. The molecular weight excluding hydrogens is 468 g/mol. The molecule has 3 aromatic rings. The molecule has 2 aliphatic rings. The van der Waals surface area contributed by atoms with E-state index in [1.807, 2.05) is 67.6 Å². The number of carbonyl (C=O) groups is 3. The SMILES string of the molecule is CCOC(=O)C1=C(c2ccccc2)c2ccc(OC)cc2C1=O.CCOC(=O)C1=Cc2ccccc2C1. The van der Waals surface area contributed by atoms with Gasteiger partial charge < -0.3 is 14.2 Å². The number of carbonyl (C=O) groups excluding carboxylic acids is 3. The zero-order chi connectivity index (χ0) is 26.4. The highest BCUT2D eigenvalue weighted by Crippen LogP contribution is 2.39. The fraction of sp³-hybridized carbons (Fsp3) is 0.194. The number of hydrogen-bond acceptors (Lipinski definition) is 6. The third-order valence-corrected chi connectivity index (χ3v) is 6.06. The number of esters is 2. The Morgan fingerprint density at radius 2 is 1.49 bits per heavy atom. The van der Waals surface area contributed by atoms with Gasteiger partial charge in [0.15, 0.2) is 0 Å². The molecule has 3 aromatic carbocycles. The molecule has 188 valence electrons. The number of hydrogen-bond donors (Lipinski definition) is 0. The Balaban J connectivity index is 0.000000195. The molecule has 0 aromatic heterocycles. The van der Waals surface area contributed by atoms with Crippen molar-refractivity contribution in [1.29, 1.82) is 0 Å². The van der Waals surface area contributed by atoms with Gasteiger partial charge >= 0.3 is 11.9 Å². The predicted molar refractivity (Wildman–Crippen MR) is 141 cm³/mol. The van der Waals surface area contributed by atoms with Gasteiger partial charge in [0.2, 0.25) is 5.78 Å². The highest BCUT2D eigenvalue weighted by Gasteiger charge is 2.35. The fourth-order valence-electron chi connectivity index (χ4n) is 4.38. The number of ether oxygens (including phenoxy) is 3. The monoisotopic (exact) mass is 496 g/mol. The Bertz CT molecular complexity index is 1400. The smallest absolute Gasteiger partial charge is 0.342 e. The van der Waals surface area contributed by atoms with E-state index in [4.69, 9.17) is 14.2 Å². The highest BCUT2D eigenvalue weighted by atomic mass is 16.5. The minimum atomic E-state index is -0.591. The van der Waals surface area contributed by atoms with Crippen LogP contribution in [0.4, 0.5) is 0 Å². The van der Waals surface area contributed by atoms with Gasteiger partial charge in [0.05, 0.1) is 20.3 Å². The first-order valence-corrected chi connectivity index (χ1v) is 12.1. The second kappa shape index (κ2) is 11.5. The normalized spacial score (nSPS) is 13.2. The van der Waals surface area contributed by atoms with Crippen molar-refractivity contribution in [1.82, 2.24) is 0 Å². The largest absolute Gasteiger partial charge is 0.497 e. The van der Waals surface area contributed by atoms with Crippen LogP contribution in [0, 0.1) is 0 Å². The van der Waals surface area contributed by atoms with Crippen LogP contribution in [0.3, 0.4) is 0 Å². The lowest BCUT2D eigenvalue weighted by molar-refractivity contribution is -0.139. The van der Waals surface area contributed by atoms with Crippen molar-refractivity contribution < 1.29 is 28.6 Å². The second-order valence-electron chi connectivity index (χ2n) is 8.34. The van der Waals surface area contributed by atoms with Crippen LogP contribution < -0.4 is 4.74 Å². The van der Waals surface area contributed by atoms with E-state index in [1.54, 1.807) is 32.2 Å². The van der Waals surface area contributed by atoms with E-state index in [0.717, 1.165) is 22.3 Å². The lowest BCUT2D eigenvalue weighted by Crippen LogP contribution is -2.14. The summed E-state index contributed by atoms with van der Waals surface area (Å²) in [6.07, 6.45) is 2.61. The minimum Gasteiger partial charge on any atom is -0.497 e. The van der Waals surface area contributed by atoms with Crippen LogP contribution in [0.15, 0.2) is 83.9 Å². The maximum atomic E-state index is 12.8. The van der Waals surface area contributed by atoms with E-state index in [-0.39, 0.29) is 23.9 Å². The van der Waals surface area contributed by atoms with E-state index >= 15 is 0 Å². The zero-order valence-electron chi connectivity index (χ0n) is 21.1. The second-order valence-corrected chi connectivity index (χ2v) is 8.34. The molecule has 0 saturated heterocycles. The third-order valence-electron chi connectivity index (χ3n) is 6.06. The Kier molecular flexibility index (Phi) is 7.98. The molecule has 0 aliphatic heterocycles. The first-order chi connectivity index (χ1) is 18.0. The molecular formula is C31H28O6. The number of methoxy groups -OCH3 is 1. The molecule has 0 heterocycles. The molecule has 2 aliphatic carbocycles. The van der Waals surface area contributed by atoms with Crippen molar-refractivity contribution in [2.45, 2.75) is 20.3 Å². The molecule has 0 unspecified atom stereocenters. The van der Waals surface area contributed by atoms with Crippen LogP contribution in [-0.4, -0.2) is 38.0 Å². The predicted octanol–water partition coefficient (Wildman–Crippen LogP) is 5.45. The van der Waals surface area contributed by atoms with E-state index in [1.165, 1.54) is 5.56 Å². The molecule has 0 atom stereocenters. The van der Waals surface area contributed by atoms with Gasteiger partial charge in [0.1, 0.15) is 11.3 Å². The van der Waals surface area contributed by atoms with Crippen molar-refractivity contribution in [2.24, 2.45) is 0 Å². The summed E-state index contributed by atoms with van der Waals surface area (Å²) in [5.41, 5.74) is 5.80. The fourth-order valence-corrected chi connectivity index (χ4v) is 4.38. The molecule has 0 saturated carbocycles. The number of ketones is 1. The van der Waals surface area contributed by atoms with Crippen LogP contribution in [0.2, 0.25) is 0 Å². The lowest BCUT2D eigenvalue weighted by atomic mass is 9.97. The van der Waals surface area contributed by atoms with Gasteiger partial charge in [0, 0.05) is 23.1 Å². The van der Waals surface area contributed by atoms with Gasteiger partial charge in [-0.1, -0.05) is 54.6 Å². The minimum absolute atomic E-state index is 0.0845. The van der Waals surface area contributed by atoms with E-state index in [9.17, 15) is 14.4 Å². The van der Waals surface area contributed by atoms with Gasteiger partial charge in [-0.2, -0.15) is 0 Å². The molecule has 6 nitrogen and oxygen atoms in total. The first-order valence-electron chi connectivity index (χ1n) is 12.1. The van der Waals surface area contributed by atoms with Crippen molar-refractivity contribution in [2.75, 3.05) is 20.3 Å². The molecule has 5 rings (SSSR count). The van der Waals surface area contributed by atoms with E-state index in [2.05, 4.69) is 0 Å². The maximum Gasteiger partial charge on any atom is 0.342 e. The Hall–Kier alpha value is -4.45. The standard InChI is InChI=1S/C19H16O4.C12H12O2/c1-3-23-19(21)17-16(12-7-5-4-6-8-12)14-10-9-13(22-2)11-15(14)18(17)20;1-2-14-12(13)11-7-9-5-3-4-6-10(9)8-11/h4-11H,3H2,1-2H3;3-7H,2,8H2,1H3. The summed E-state index contributed by atoms with van der Waals surface area (Å²) in [7, 11) is 1.54. The Morgan fingerprint density at radius 1 is 0.811 bits per heavy atom. The number of fused-ring (bicyclic) bond motifs is 2. The molecule has 0 N–H and O–H groups in total. The molecule has 0 bridgehead atoms. The first kappa shape index (κ1) is 25.6. The van der Waals surface area contributed by atoms with Gasteiger partial charge in [-0.05, 0) is 60.4 Å². The Labute approximate surface area is 216 Å². The molecule has 0 radical (unpaired) electrons. The summed E-state index contributed by atoms with van der Waals surface area (Å²) in [6, 6.07) is 22.6. The molecule has 6 heteroatoms. The van der Waals surface area contributed by atoms with Crippen molar-refractivity contribution in [3.05, 3.63) is 112 Å². The average molecular weight is 497 g/mol. The Morgan fingerprint density at radius 3 is 2.16 bits per heavy atom. The van der Waals surface area contributed by atoms with E-state index in [0.29, 0.717) is 29.9 Å². The van der Waals surface area contributed by atoms with Crippen LogP contribution >= 0.6 is 0 Å². The van der Waals surface area contributed by atoms with Crippen LogP contribution in [0.25, 0.3) is 11.6 Å². The van der Waals surface area contributed by atoms with Gasteiger partial charge in [-0.25, -0.2) is 9.59 Å². The molecule has 0 fully saturated rings. The molecule has 0 amide bonds. The van der Waals surface area contributed by atoms with Crippen LogP contribution in [-0.2, 0) is 25.5 Å². The van der Waals surface area contributed by atoms with Crippen LogP contribution in [0.1, 0.15) is 46.5 Å². The van der Waals surface area contributed by atoms with Crippen molar-refractivity contribution in [3.63, 3.8) is 0 Å². The van der Waals surface area contributed by atoms with Crippen molar-refractivity contribution in [3.8, 4) is 5.75 Å². The number of Topliss-reactive ketones (excluding diaryl/α,β-unsaturated/α-hetero) is 1. The summed E-state index contributed by atoms with van der Waals surface area (Å²) in [6.45, 7) is 4.20. The summed E-state index contributed by atoms with van der Waals surface area (Å²) in [5.74, 6) is -0.527. The van der Waals surface area contributed by atoms with E-state index < -0.39 is 5.97 Å².